The normalized spacial score (nSPS) is 18.9. The van der Waals surface area contributed by atoms with Crippen LogP contribution in [-0.2, 0) is 10.2 Å². The largest absolute Gasteiger partial charge is 0.481 e. The fourth-order valence-electron chi connectivity index (χ4n) is 2.63. The van der Waals surface area contributed by atoms with Crippen molar-refractivity contribution in [1.82, 2.24) is 0 Å². The van der Waals surface area contributed by atoms with Crippen molar-refractivity contribution in [1.29, 1.82) is 0 Å². The number of carbonyl (C=O) groups is 1. The SMILES string of the molecule is O=C(O)C1(c2ccc(F)cc2Cl)CCCCC1. The molecule has 92 valence electrons. The first-order valence-electron chi connectivity index (χ1n) is 5.75. The molecule has 1 aromatic rings. The van der Waals surface area contributed by atoms with Gasteiger partial charge in [-0.2, -0.15) is 0 Å². The van der Waals surface area contributed by atoms with E-state index < -0.39 is 17.2 Å². The van der Waals surface area contributed by atoms with Gasteiger partial charge in [-0.1, -0.05) is 36.9 Å². The topological polar surface area (TPSA) is 37.3 Å². The Morgan fingerprint density at radius 2 is 1.94 bits per heavy atom. The lowest BCUT2D eigenvalue weighted by Gasteiger charge is -2.34. The second-order valence-corrected chi connectivity index (χ2v) is 4.98. The average molecular weight is 257 g/mol. The van der Waals surface area contributed by atoms with Crippen molar-refractivity contribution in [2.24, 2.45) is 0 Å². The van der Waals surface area contributed by atoms with Gasteiger partial charge < -0.3 is 5.11 Å². The molecule has 0 saturated heterocycles. The second kappa shape index (κ2) is 4.65. The third kappa shape index (κ3) is 2.16. The van der Waals surface area contributed by atoms with Gasteiger partial charge in [0.15, 0.2) is 0 Å². The summed E-state index contributed by atoms with van der Waals surface area (Å²) in [7, 11) is 0. The van der Waals surface area contributed by atoms with Gasteiger partial charge in [-0.3, -0.25) is 4.79 Å². The monoisotopic (exact) mass is 256 g/mol. The Balaban J connectivity index is 2.49. The van der Waals surface area contributed by atoms with Crippen LogP contribution in [0.4, 0.5) is 4.39 Å². The predicted molar refractivity (Wildman–Crippen MR) is 63.8 cm³/mol. The molecule has 1 aliphatic carbocycles. The molecule has 0 unspecified atom stereocenters. The van der Waals surface area contributed by atoms with E-state index in [0.717, 1.165) is 19.3 Å². The van der Waals surface area contributed by atoms with Crippen molar-refractivity contribution < 1.29 is 14.3 Å². The molecule has 4 heteroatoms. The average Bonchev–Trinajstić information content (AvgIpc) is 2.29. The van der Waals surface area contributed by atoms with Crippen LogP contribution in [0.3, 0.4) is 0 Å². The standard InChI is InChI=1S/C13H14ClFO2/c14-11-8-9(15)4-5-10(11)13(12(16)17)6-2-1-3-7-13/h4-5,8H,1-3,6-7H2,(H,16,17). The third-order valence-electron chi connectivity index (χ3n) is 3.56. The van der Waals surface area contributed by atoms with Crippen LogP contribution in [0.1, 0.15) is 37.7 Å². The first-order valence-corrected chi connectivity index (χ1v) is 6.13. The van der Waals surface area contributed by atoms with Gasteiger partial charge in [0.05, 0.1) is 5.41 Å². The number of aliphatic carboxylic acids is 1. The molecule has 0 amide bonds. The Morgan fingerprint density at radius 3 is 2.47 bits per heavy atom. The number of carboxylic acids is 1. The summed E-state index contributed by atoms with van der Waals surface area (Å²) in [6, 6.07) is 3.98. The van der Waals surface area contributed by atoms with Gasteiger partial charge in [0.25, 0.3) is 0 Å². The van der Waals surface area contributed by atoms with Gasteiger partial charge in [0.2, 0.25) is 0 Å². The minimum atomic E-state index is -0.928. The highest BCUT2D eigenvalue weighted by Crippen LogP contribution is 2.42. The molecule has 1 N–H and O–H groups in total. The number of benzene rings is 1. The zero-order valence-corrected chi connectivity index (χ0v) is 10.1. The van der Waals surface area contributed by atoms with Crippen LogP contribution in [0.5, 0.6) is 0 Å². The smallest absolute Gasteiger partial charge is 0.314 e. The highest BCUT2D eigenvalue weighted by Gasteiger charge is 2.42. The predicted octanol–water partition coefficient (Wildman–Crippen LogP) is 3.77. The third-order valence-corrected chi connectivity index (χ3v) is 3.88. The Hall–Kier alpha value is -1.09. The molecule has 0 atom stereocenters. The van der Waals surface area contributed by atoms with Crippen LogP contribution in [0, 0.1) is 5.82 Å². The summed E-state index contributed by atoms with van der Waals surface area (Å²) in [5, 5.41) is 9.70. The summed E-state index contributed by atoms with van der Waals surface area (Å²) in [5.74, 6) is -1.29. The molecule has 0 radical (unpaired) electrons. The number of rotatable bonds is 2. The van der Waals surface area contributed by atoms with Gasteiger partial charge >= 0.3 is 5.97 Å². The van der Waals surface area contributed by atoms with E-state index in [9.17, 15) is 14.3 Å². The van der Waals surface area contributed by atoms with Gasteiger partial charge in [0.1, 0.15) is 5.82 Å². The summed E-state index contributed by atoms with van der Waals surface area (Å²) in [5.41, 5.74) is -0.379. The number of halogens is 2. The molecular weight excluding hydrogens is 243 g/mol. The lowest BCUT2D eigenvalue weighted by atomic mass is 9.69. The molecular formula is C13H14ClFO2. The van der Waals surface area contributed by atoms with E-state index in [1.165, 1.54) is 18.2 Å². The summed E-state index contributed by atoms with van der Waals surface area (Å²) < 4.78 is 13.0. The molecule has 1 aromatic carbocycles. The Bertz CT molecular complexity index is 439. The van der Waals surface area contributed by atoms with E-state index in [1.807, 2.05) is 0 Å². The Morgan fingerprint density at radius 1 is 1.29 bits per heavy atom. The molecule has 1 fully saturated rings. The van der Waals surface area contributed by atoms with Gasteiger partial charge in [0, 0.05) is 5.02 Å². The summed E-state index contributed by atoms with van der Waals surface area (Å²) in [4.78, 5) is 11.6. The molecule has 0 heterocycles. The van der Waals surface area contributed by atoms with Crippen molar-refractivity contribution in [2.75, 3.05) is 0 Å². The van der Waals surface area contributed by atoms with E-state index in [-0.39, 0.29) is 5.02 Å². The second-order valence-electron chi connectivity index (χ2n) is 4.57. The zero-order valence-electron chi connectivity index (χ0n) is 9.38. The van der Waals surface area contributed by atoms with E-state index in [2.05, 4.69) is 0 Å². The summed E-state index contributed by atoms with van der Waals surface area (Å²) in [6.45, 7) is 0. The van der Waals surface area contributed by atoms with Gasteiger partial charge in [-0.25, -0.2) is 4.39 Å². The van der Waals surface area contributed by atoms with Crippen LogP contribution >= 0.6 is 11.6 Å². The fourth-order valence-corrected chi connectivity index (χ4v) is 2.98. The van der Waals surface area contributed by atoms with Crippen molar-refractivity contribution in [3.63, 3.8) is 0 Å². The molecule has 17 heavy (non-hydrogen) atoms. The van der Waals surface area contributed by atoms with Crippen molar-refractivity contribution in [3.05, 3.63) is 34.6 Å². The van der Waals surface area contributed by atoms with Gasteiger partial charge in [-0.05, 0) is 30.5 Å². The van der Waals surface area contributed by atoms with E-state index in [1.54, 1.807) is 0 Å². The maximum absolute atomic E-state index is 13.0. The van der Waals surface area contributed by atoms with Crippen molar-refractivity contribution in [3.8, 4) is 0 Å². The molecule has 1 saturated carbocycles. The van der Waals surface area contributed by atoms with E-state index in [0.29, 0.717) is 18.4 Å². The Kier molecular flexibility index (Phi) is 3.38. The molecule has 0 aromatic heterocycles. The molecule has 2 nitrogen and oxygen atoms in total. The number of hydrogen-bond donors (Lipinski definition) is 1. The minimum Gasteiger partial charge on any atom is -0.481 e. The highest BCUT2D eigenvalue weighted by atomic mass is 35.5. The lowest BCUT2D eigenvalue weighted by molar-refractivity contribution is -0.145. The lowest BCUT2D eigenvalue weighted by Crippen LogP contribution is -2.38. The first kappa shape index (κ1) is 12.4. The molecule has 0 aliphatic heterocycles. The van der Waals surface area contributed by atoms with Crippen molar-refractivity contribution >= 4 is 17.6 Å². The molecule has 2 rings (SSSR count). The number of hydrogen-bond acceptors (Lipinski definition) is 1. The molecule has 0 spiro atoms. The molecule has 1 aliphatic rings. The quantitative estimate of drug-likeness (QED) is 0.875. The maximum Gasteiger partial charge on any atom is 0.314 e. The summed E-state index contributed by atoms with van der Waals surface area (Å²) >= 11 is 5.99. The first-order chi connectivity index (χ1) is 8.06. The maximum atomic E-state index is 13.0. The summed E-state index contributed by atoms with van der Waals surface area (Å²) in [6.07, 6.45) is 3.95. The van der Waals surface area contributed by atoms with Crippen LogP contribution in [0.2, 0.25) is 5.02 Å². The van der Waals surface area contributed by atoms with Crippen LogP contribution in [0.15, 0.2) is 18.2 Å². The Labute approximate surface area is 104 Å². The zero-order chi connectivity index (χ0) is 12.5. The van der Waals surface area contributed by atoms with E-state index in [4.69, 9.17) is 11.6 Å². The van der Waals surface area contributed by atoms with Crippen LogP contribution in [-0.4, -0.2) is 11.1 Å². The van der Waals surface area contributed by atoms with E-state index >= 15 is 0 Å². The van der Waals surface area contributed by atoms with Gasteiger partial charge in [-0.15, -0.1) is 0 Å². The molecule has 0 bridgehead atoms. The van der Waals surface area contributed by atoms with Crippen LogP contribution in [0.25, 0.3) is 0 Å². The fraction of sp³-hybridized carbons (Fsp3) is 0.462. The number of carboxylic acid groups (broad SMARTS) is 1. The van der Waals surface area contributed by atoms with Crippen LogP contribution < -0.4 is 0 Å². The minimum absolute atomic E-state index is 0.217. The van der Waals surface area contributed by atoms with Crippen molar-refractivity contribution in [2.45, 2.75) is 37.5 Å². The highest BCUT2D eigenvalue weighted by molar-refractivity contribution is 6.31.